The van der Waals surface area contributed by atoms with Gasteiger partial charge in [-0.15, -0.1) is 0 Å². The molecule has 0 radical (unpaired) electrons. The summed E-state index contributed by atoms with van der Waals surface area (Å²) in [5, 5.41) is 0.569. The van der Waals surface area contributed by atoms with E-state index in [0.717, 1.165) is 11.1 Å². The van der Waals surface area contributed by atoms with Crippen LogP contribution in [0.2, 0.25) is 0 Å². The van der Waals surface area contributed by atoms with Crippen LogP contribution in [0.25, 0.3) is 22.3 Å². The number of anilines is 1. The molecule has 0 aliphatic rings. The van der Waals surface area contributed by atoms with E-state index in [9.17, 15) is 9.18 Å². The topological polar surface area (TPSA) is 56.2 Å². The third-order valence-corrected chi connectivity index (χ3v) is 3.45. The van der Waals surface area contributed by atoms with Crippen molar-refractivity contribution in [3.63, 3.8) is 0 Å². The van der Waals surface area contributed by atoms with Crippen LogP contribution in [0.15, 0.2) is 45.6 Å². The summed E-state index contributed by atoms with van der Waals surface area (Å²) in [6.07, 6.45) is 0. The first-order valence-corrected chi connectivity index (χ1v) is 6.56. The van der Waals surface area contributed by atoms with Crippen LogP contribution >= 0.6 is 0 Å². The van der Waals surface area contributed by atoms with E-state index < -0.39 is 5.82 Å². The van der Waals surface area contributed by atoms with Gasteiger partial charge in [-0.3, -0.25) is 4.79 Å². The van der Waals surface area contributed by atoms with E-state index in [1.54, 1.807) is 6.07 Å². The molecule has 0 spiro atoms. The van der Waals surface area contributed by atoms with Crippen molar-refractivity contribution in [2.75, 3.05) is 5.73 Å². The molecule has 0 aliphatic heterocycles. The van der Waals surface area contributed by atoms with Gasteiger partial charge in [0, 0.05) is 11.6 Å². The first kappa shape index (κ1) is 13.4. The Bertz CT molecular complexity index is 913. The van der Waals surface area contributed by atoms with Crippen molar-refractivity contribution in [2.24, 2.45) is 0 Å². The second-order valence-electron chi connectivity index (χ2n) is 5.17. The van der Waals surface area contributed by atoms with Gasteiger partial charge in [-0.1, -0.05) is 6.07 Å². The number of halogens is 1. The summed E-state index contributed by atoms with van der Waals surface area (Å²) in [6, 6.07) is 9.43. The molecule has 0 saturated carbocycles. The van der Waals surface area contributed by atoms with E-state index in [1.165, 1.54) is 18.2 Å². The molecule has 1 heterocycles. The van der Waals surface area contributed by atoms with Crippen LogP contribution in [-0.4, -0.2) is 0 Å². The van der Waals surface area contributed by atoms with Gasteiger partial charge in [-0.05, 0) is 49.2 Å². The SMILES string of the molecule is Cc1cc(C)c2c(=O)cc(-c3ccc(F)c(N)c3)oc2c1. The lowest BCUT2D eigenvalue weighted by molar-refractivity contribution is 0.616. The van der Waals surface area contributed by atoms with Crippen LogP contribution in [0, 0.1) is 19.7 Å². The van der Waals surface area contributed by atoms with Crippen molar-refractivity contribution in [3.8, 4) is 11.3 Å². The minimum Gasteiger partial charge on any atom is -0.456 e. The van der Waals surface area contributed by atoms with Crippen molar-refractivity contribution in [1.29, 1.82) is 0 Å². The van der Waals surface area contributed by atoms with Crippen molar-refractivity contribution in [2.45, 2.75) is 13.8 Å². The molecule has 0 bridgehead atoms. The van der Waals surface area contributed by atoms with Gasteiger partial charge in [0.05, 0.1) is 11.1 Å². The minimum absolute atomic E-state index is 0.0238. The molecule has 0 saturated heterocycles. The highest BCUT2D eigenvalue weighted by atomic mass is 19.1. The Morgan fingerprint density at radius 1 is 1.10 bits per heavy atom. The molecule has 0 fully saturated rings. The van der Waals surface area contributed by atoms with Crippen LogP contribution in [0.4, 0.5) is 10.1 Å². The number of nitrogens with two attached hydrogens (primary N) is 1. The maximum Gasteiger partial charge on any atom is 0.193 e. The van der Waals surface area contributed by atoms with Crippen molar-refractivity contribution in [3.05, 3.63) is 63.6 Å². The summed E-state index contributed by atoms with van der Waals surface area (Å²) in [6.45, 7) is 3.82. The van der Waals surface area contributed by atoms with Gasteiger partial charge in [0.1, 0.15) is 17.2 Å². The molecule has 3 rings (SSSR count). The van der Waals surface area contributed by atoms with Gasteiger partial charge in [-0.25, -0.2) is 4.39 Å². The van der Waals surface area contributed by atoms with Crippen LogP contribution in [0.5, 0.6) is 0 Å². The van der Waals surface area contributed by atoms with Crippen LogP contribution < -0.4 is 11.2 Å². The number of rotatable bonds is 1. The van der Waals surface area contributed by atoms with E-state index in [0.29, 0.717) is 22.3 Å². The van der Waals surface area contributed by atoms with Crippen LogP contribution in [0.1, 0.15) is 11.1 Å². The average Bonchev–Trinajstić information content (AvgIpc) is 2.40. The van der Waals surface area contributed by atoms with Gasteiger partial charge in [0.2, 0.25) is 0 Å². The van der Waals surface area contributed by atoms with E-state index in [4.69, 9.17) is 10.2 Å². The van der Waals surface area contributed by atoms with Crippen molar-refractivity contribution < 1.29 is 8.81 Å². The lowest BCUT2D eigenvalue weighted by Crippen LogP contribution is -2.03. The Kier molecular flexibility index (Phi) is 3.01. The maximum absolute atomic E-state index is 13.2. The Hall–Kier alpha value is -2.62. The number of benzene rings is 2. The van der Waals surface area contributed by atoms with Gasteiger partial charge >= 0.3 is 0 Å². The molecular weight excluding hydrogens is 269 g/mol. The van der Waals surface area contributed by atoms with E-state index in [1.807, 2.05) is 26.0 Å². The predicted molar refractivity (Wildman–Crippen MR) is 81.8 cm³/mol. The summed E-state index contributed by atoms with van der Waals surface area (Å²) in [4.78, 5) is 12.3. The molecular formula is C17H14FNO2. The number of hydrogen-bond acceptors (Lipinski definition) is 3. The number of nitrogen functional groups attached to an aromatic ring is 1. The molecule has 4 heteroatoms. The normalized spacial score (nSPS) is 11.0. The summed E-state index contributed by atoms with van der Waals surface area (Å²) < 4.78 is 19.0. The molecule has 3 aromatic rings. The van der Waals surface area contributed by atoms with Gasteiger partial charge in [0.25, 0.3) is 0 Å². The van der Waals surface area contributed by atoms with E-state index >= 15 is 0 Å². The number of hydrogen-bond donors (Lipinski definition) is 1. The first-order chi connectivity index (χ1) is 9.95. The molecule has 1 aromatic heterocycles. The average molecular weight is 283 g/mol. The molecule has 2 aromatic carbocycles. The summed E-state index contributed by atoms with van der Waals surface area (Å²) in [5.74, 6) is -0.113. The number of fused-ring (bicyclic) bond motifs is 1. The van der Waals surface area contributed by atoms with E-state index in [-0.39, 0.29) is 11.1 Å². The molecule has 0 amide bonds. The lowest BCUT2D eigenvalue weighted by Gasteiger charge is -2.07. The van der Waals surface area contributed by atoms with Crippen LogP contribution in [0.3, 0.4) is 0 Å². The Morgan fingerprint density at radius 2 is 1.86 bits per heavy atom. The molecule has 106 valence electrons. The molecule has 2 N–H and O–H groups in total. The molecule has 3 nitrogen and oxygen atoms in total. The Morgan fingerprint density at radius 3 is 2.57 bits per heavy atom. The molecule has 0 atom stereocenters. The predicted octanol–water partition coefficient (Wildman–Crippen LogP) is 3.80. The minimum atomic E-state index is -0.492. The summed E-state index contributed by atoms with van der Waals surface area (Å²) in [5.41, 5.74) is 8.46. The van der Waals surface area contributed by atoms with Gasteiger partial charge < -0.3 is 10.2 Å². The summed E-state index contributed by atoms with van der Waals surface area (Å²) >= 11 is 0. The van der Waals surface area contributed by atoms with Gasteiger partial charge in [0.15, 0.2) is 5.43 Å². The third kappa shape index (κ3) is 2.29. The first-order valence-electron chi connectivity index (χ1n) is 6.56. The van der Waals surface area contributed by atoms with Crippen molar-refractivity contribution >= 4 is 16.7 Å². The zero-order chi connectivity index (χ0) is 15.1. The molecule has 0 unspecified atom stereocenters. The maximum atomic E-state index is 13.2. The zero-order valence-corrected chi connectivity index (χ0v) is 11.7. The van der Waals surface area contributed by atoms with Crippen LogP contribution in [-0.2, 0) is 0 Å². The van der Waals surface area contributed by atoms with E-state index in [2.05, 4.69) is 0 Å². The van der Waals surface area contributed by atoms with Crippen molar-refractivity contribution in [1.82, 2.24) is 0 Å². The number of aryl methyl sites for hydroxylation is 2. The Balaban J connectivity index is 2.29. The second kappa shape index (κ2) is 4.74. The fourth-order valence-electron chi connectivity index (χ4n) is 2.50. The quantitative estimate of drug-likeness (QED) is 0.691. The highest BCUT2D eigenvalue weighted by molar-refractivity contribution is 5.82. The zero-order valence-electron chi connectivity index (χ0n) is 11.7. The second-order valence-corrected chi connectivity index (χ2v) is 5.17. The summed E-state index contributed by atoms with van der Waals surface area (Å²) in [7, 11) is 0. The smallest absolute Gasteiger partial charge is 0.193 e. The Labute approximate surface area is 120 Å². The molecule has 21 heavy (non-hydrogen) atoms. The van der Waals surface area contributed by atoms with Gasteiger partial charge in [-0.2, -0.15) is 0 Å². The highest BCUT2D eigenvalue weighted by Gasteiger charge is 2.10. The lowest BCUT2D eigenvalue weighted by atomic mass is 10.1. The third-order valence-electron chi connectivity index (χ3n) is 3.45. The molecule has 0 aliphatic carbocycles. The standard InChI is InChI=1S/C17H14FNO2/c1-9-5-10(2)17-14(20)8-15(21-16(17)6-9)11-3-4-12(18)13(19)7-11/h3-8H,19H2,1-2H3. The fraction of sp³-hybridized carbons (Fsp3) is 0.118. The fourth-order valence-corrected chi connectivity index (χ4v) is 2.50. The monoisotopic (exact) mass is 283 g/mol. The highest BCUT2D eigenvalue weighted by Crippen LogP contribution is 2.26. The largest absolute Gasteiger partial charge is 0.456 e.